The summed E-state index contributed by atoms with van der Waals surface area (Å²) in [5, 5.41) is 0. The van der Waals surface area contributed by atoms with E-state index >= 15 is 0 Å². The average Bonchev–Trinajstić information content (AvgIpc) is 2.34. The van der Waals surface area contributed by atoms with E-state index in [9.17, 15) is 0 Å². The van der Waals surface area contributed by atoms with Gasteiger partial charge in [0, 0.05) is 19.3 Å². The van der Waals surface area contributed by atoms with Gasteiger partial charge in [0.1, 0.15) is 0 Å². The average molecular weight is 220 g/mol. The molecule has 1 heterocycles. The summed E-state index contributed by atoms with van der Waals surface area (Å²) in [6.07, 6.45) is 2.17. The van der Waals surface area contributed by atoms with Crippen molar-refractivity contribution in [3.63, 3.8) is 0 Å². The minimum absolute atomic E-state index is 0.254. The van der Waals surface area contributed by atoms with Crippen LogP contribution in [0.1, 0.15) is 30.0 Å². The molecule has 0 radical (unpaired) electrons. The molecule has 1 fully saturated rings. The van der Waals surface area contributed by atoms with Gasteiger partial charge in [0.15, 0.2) is 0 Å². The lowest BCUT2D eigenvalue weighted by molar-refractivity contribution is 0.0536. The Kier molecular flexibility index (Phi) is 3.93. The Balaban J connectivity index is 2.11. The van der Waals surface area contributed by atoms with Gasteiger partial charge in [-0.15, -0.1) is 0 Å². The molecule has 0 bridgehead atoms. The summed E-state index contributed by atoms with van der Waals surface area (Å²) in [6.45, 7) is 3.81. The number of hydrogen-bond donors (Lipinski definition) is 2. The van der Waals surface area contributed by atoms with Crippen molar-refractivity contribution in [2.75, 3.05) is 13.2 Å². The molecule has 3 heteroatoms. The Morgan fingerprint density at radius 2 is 1.88 bits per heavy atom. The maximum Gasteiger partial charge on any atom is 0.0489 e. The van der Waals surface area contributed by atoms with Gasteiger partial charge in [-0.1, -0.05) is 29.8 Å². The molecule has 0 amide bonds. The molecule has 0 saturated carbocycles. The predicted molar refractivity (Wildman–Crippen MR) is 64.8 cm³/mol. The first-order valence-corrected chi connectivity index (χ1v) is 5.91. The van der Waals surface area contributed by atoms with Gasteiger partial charge >= 0.3 is 0 Å². The first-order valence-electron chi connectivity index (χ1n) is 5.91. The van der Waals surface area contributed by atoms with Crippen molar-refractivity contribution in [1.29, 1.82) is 0 Å². The Bertz CT molecular complexity index is 317. The smallest absolute Gasteiger partial charge is 0.0489 e. The third-order valence-electron chi connectivity index (χ3n) is 3.35. The zero-order valence-electron chi connectivity index (χ0n) is 9.78. The predicted octanol–water partition coefficient (Wildman–Crippen LogP) is 1.93. The molecule has 1 saturated heterocycles. The third-order valence-corrected chi connectivity index (χ3v) is 3.35. The minimum atomic E-state index is 0.254. The molecule has 3 N–H and O–H groups in total. The molecule has 1 unspecified atom stereocenters. The molecule has 0 aromatic heterocycles. The summed E-state index contributed by atoms with van der Waals surface area (Å²) in [7, 11) is 0. The lowest BCUT2D eigenvalue weighted by Crippen LogP contribution is -2.36. The second-order valence-electron chi connectivity index (χ2n) is 4.50. The van der Waals surface area contributed by atoms with Crippen molar-refractivity contribution < 1.29 is 4.74 Å². The summed E-state index contributed by atoms with van der Waals surface area (Å²) in [6, 6.07) is 8.85. The summed E-state index contributed by atoms with van der Waals surface area (Å²) in [5.74, 6) is 6.27. The molecule has 1 aromatic rings. The van der Waals surface area contributed by atoms with E-state index in [2.05, 4.69) is 36.6 Å². The molecular weight excluding hydrogens is 200 g/mol. The molecule has 88 valence electrons. The Morgan fingerprint density at radius 3 is 2.44 bits per heavy atom. The van der Waals surface area contributed by atoms with Gasteiger partial charge in [0.05, 0.1) is 0 Å². The molecule has 0 spiro atoms. The van der Waals surface area contributed by atoms with Gasteiger partial charge in [-0.2, -0.15) is 0 Å². The summed E-state index contributed by atoms with van der Waals surface area (Å²) < 4.78 is 5.38. The lowest BCUT2D eigenvalue weighted by atomic mass is 9.87. The normalized spacial score (nSPS) is 19.6. The largest absolute Gasteiger partial charge is 0.381 e. The maximum absolute atomic E-state index is 5.68. The van der Waals surface area contributed by atoms with E-state index in [-0.39, 0.29) is 6.04 Å². The van der Waals surface area contributed by atoms with Crippen LogP contribution < -0.4 is 11.3 Å². The van der Waals surface area contributed by atoms with Crippen LogP contribution in [-0.2, 0) is 4.74 Å². The number of hydrazine groups is 1. The van der Waals surface area contributed by atoms with Crippen molar-refractivity contribution in [3.8, 4) is 0 Å². The molecule has 16 heavy (non-hydrogen) atoms. The number of aryl methyl sites for hydroxylation is 1. The van der Waals surface area contributed by atoms with Crippen LogP contribution in [0, 0.1) is 12.8 Å². The fourth-order valence-electron chi connectivity index (χ4n) is 2.33. The second kappa shape index (κ2) is 5.43. The van der Waals surface area contributed by atoms with E-state index in [1.807, 2.05) is 0 Å². The molecule has 0 aliphatic carbocycles. The monoisotopic (exact) mass is 220 g/mol. The molecule has 2 rings (SSSR count). The molecule has 1 aliphatic rings. The lowest BCUT2D eigenvalue weighted by Gasteiger charge is -2.30. The summed E-state index contributed by atoms with van der Waals surface area (Å²) >= 11 is 0. The van der Waals surface area contributed by atoms with Gasteiger partial charge in [-0.3, -0.25) is 11.3 Å². The van der Waals surface area contributed by atoms with Crippen molar-refractivity contribution in [2.24, 2.45) is 11.8 Å². The van der Waals surface area contributed by atoms with Gasteiger partial charge in [-0.05, 0) is 31.2 Å². The van der Waals surface area contributed by atoms with E-state index in [0.717, 1.165) is 26.1 Å². The third kappa shape index (κ3) is 2.61. The fraction of sp³-hybridized carbons (Fsp3) is 0.538. The number of nitrogens with one attached hydrogen (secondary N) is 1. The van der Waals surface area contributed by atoms with Crippen LogP contribution in [0.4, 0.5) is 0 Å². The van der Waals surface area contributed by atoms with Crippen molar-refractivity contribution in [1.82, 2.24) is 5.43 Å². The minimum Gasteiger partial charge on any atom is -0.381 e. The van der Waals surface area contributed by atoms with Crippen LogP contribution in [0.5, 0.6) is 0 Å². The number of benzene rings is 1. The number of hydrogen-bond acceptors (Lipinski definition) is 3. The van der Waals surface area contributed by atoms with E-state index in [1.165, 1.54) is 11.1 Å². The number of nitrogens with two attached hydrogens (primary N) is 1. The highest BCUT2D eigenvalue weighted by Gasteiger charge is 2.24. The van der Waals surface area contributed by atoms with Crippen LogP contribution >= 0.6 is 0 Å². The molecule has 1 aliphatic heterocycles. The quantitative estimate of drug-likeness (QED) is 0.604. The van der Waals surface area contributed by atoms with E-state index in [0.29, 0.717) is 5.92 Å². The van der Waals surface area contributed by atoms with Crippen molar-refractivity contribution in [3.05, 3.63) is 35.4 Å². The molecular formula is C13H20N2O. The fourth-order valence-corrected chi connectivity index (χ4v) is 2.33. The van der Waals surface area contributed by atoms with E-state index in [1.54, 1.807) is 0 Å². The van der Waals surface area contributed by atoms with Gasteiger partial charge in [0.25, 0.3) is 0 Å². The van der Waals surface area contributed by atoms with Crippen LogP contribution in [-0.4, -0.2) is 13.2 Å². The molecule has 3 nitrogen and oxygen atoms in total. The van der Waals surface area contributed by atoms with Crippen molar-refractivity contribution >= 4 is 0 Å². The maximum atomic E-state index is 5.68. The molecule has 1 atom stereocenters. The first-order chi connectivity index (χ1) is 7.81. The van der Waals surface area contributed by atoms with Crippen molar-refractivity contribution in [2.45, 2.75) is 25.8 Å². The first kappa shape index (κ1) is 11.6. The van der Waals surface area contributed by atoms with Gasteiger partial charge < -0.3 is 4.74 Å². The second-order valence-corrected chi connectivity index (χ2v) is 4.50. The highest BCUT2D eigenvalue weighted by Crippen LogP contribution is 2.29. The SMILES string of the molecule is Cc1ccc(C(NN)C2CCOCC2)cc1. The zero-order valence-corrected chi connectivity index (χ0v) is 9.78. The topological polar surface area (TPSA) is 47.3 Å². The standard InChI is InChI=1S/C13H20N2O/c1-10-2-4-11(5-3-10)13(15-14)12-6-8-16-9-7-12/h2-5,12-13,15H,6-9,14H2,1H3. The van der Waals surface area contributed by atoms with Crippen LogP contribution in [0.15, 0.2) is 24.3 Å². The van der Waals surface area contributed by atoms with E-state index in [4.69, 9.17) is 10.6 Å². The summed E-state index contributed by atoms with van der Waals surface area (Å²) in [5.41, 5.74) is 5.51. The Labute approximate surface area is 97.0 Å². The Hall–Kier alpha value is -0.900. The highest BCUT2D eigenvalue weighted by molar-refractivity contribution is 5.24. The van der Waals surface area contributed by atoms with Crippen LogP contribution in [0.25, 0.3) is 0 Å². The Morgan fingerprint density at radius 1 is 1.25 bits per heavy atom. The van der Waals surface area contributed by atoms with Crippen LogP contribution in [0.3, 0.4) is 0 Å². The van der Waals surface area contributed by atoms with Gasteiger partial charge in [0.2, 0.25) is 0 Å². The van der Waals surface area contributed by atoms with E-state index < -0.39 is 0 Å². The summed E-state index contributed by atoms with van der Waals surface area (Å²) in [4.78, 5) is 0. The number of rotatable bonds is 3. The molecule has 1 aromatic carbocycles. The highest BCUT2D eigenvalue weighted by atomic mass is 16.5. The van der Waals surface area contributed by atoms with Gasteiger partial charge in [-0.25, -0.2) is 0 Å². The zero-order chi connectivity index (χ0) is 11.4. The number of ether oxygens (including phenoxy) is 1. The van der Waals surface area contributed by atoms with Crippen LogP contribution in [0.2, 0.25) is 0 Å².